The number of anilines is 1. The molecule has 0 radical (unpaired) electrons. The molecule has 2 aromatic carbocycles. The summed E-state index contributed by atoms with van der Waals surface area (Å²) in [5.74, 6) is -1.19. The van der Waals surface area contributed by atoms with Crippen LogP contribution < -0.4 is 14.4 Å². The first-order valence-electron chi connectivity index (χ1n) is 10.2. The van der Waals surface area contributed by atoms with E-state index in [0.717, 1.165) is 22.2 Å². The van der Waals surface area contributed by atoms with Gasteiger partial charge < -0.3 is 19.5 Å². The lowest BCUT2D eigenvalue weighted by Gasteiger charge is -2.19. The Bertz CT molecular complexity index is 1250. The van der Waals surface area contributed by atoms with Crippen molar-refractivity contribution in [2.75, 3.05) is 25.6 Å². The molecule has 0 unspecified atom stereocenters. The summed E-state index contributed by atoms with van der Waals surface area (Å²) in [4.78, 5) is 28.1. The van der Waals surface area contributed by atoms with Crippen molar-refractivity contribution in [3.8, 4) is 5.75 Å². The normalized spacial score (nSPS) is 12.3. The zero-order valence-electron chi connectivity index (χ0n) is 18.3. The molecular weight excluding hydrogens is 446 g/mol. The highest BCUT2D eigenvalue weighted by molar-refractivity contribution is 7.89. The highest BCUT2D eigenvalue weighted by Crippen LogP contribution is 2.29. The number of carboxylic acid groups (broad SMARTS) is 1. The largest absolute Gasteiger partial charge is 0.492 e. The number of sulfonamides is 1. The van der Waals surface area contributed by atoms with E-state index < -0.39 is 28.5 Å². The number of benzene rings is 2. The van der Waals surface area contributed by atoms with Crippen molar-refractivity contribution in [3.63, 3.8) is 0 Å². The molecule has 0 amide bonds. The second-order valence-corrected chi connectivity index (χ2v) is 9.26. The number of aldehydes is 1. The molecule has 33 heavy (non-hydrogen) atoms. The lowest BCUT2D eigenvalue weighted by atomic mass is 10.1. The molecule has 1 heterocycles. The van der Waals surface area contributed by atoms with Crippen LogP contribution in [0, 0.1) is 0 Å². The van der Waals surface area contributed by atoms with Gasteiger partial charge >= 0.3 is 5.97 Å². The number of carbonyl (C=O) groups is 2. The predicted octanol–water partition coefficient (Wildman–Crippen LogP) is 2.24. The zero-order chi connectivity index (χ0) is 24.0. The third-order valence-corrected chi connectivity index (χ3v) is 6.49. The smallest absolute Gasteiger partial charge is 0.305 e. The van der Waals surface area contributed by atoms with Gasteiger partial charge in [-0.2, -0.15) is 0 Å². The number of hydrogen-bond donors (Lipinski definition) is 2. The highest BCUT2D eigenvalue weighted by atomic mass is 32.2. The molecule has 0 aliphatic carbocycles. The number of rotatable bonds is 11. The molecule has 0 spiro atoms. The highest BCUT2D eigenvalue weighted by Gasteiger charge is 2.25. The molecule has 0 saturated heterocycles. The van der Waals surface area contributed by atoms with Crippen LogP contribution in [0.25, 0.3) is 10.9 Å². The van der Waals surface area contributed by atoms with E-state index in [0.29, 0.717) is 6.42 Å². The zero-order valence-corrected chi connectivity index (χ0v) is 19.1. The number of aliphatic carboxylic acids is 1. The minimum absolute atomic E-state index is 0.104. The third kappa shape index (κ3) is 6.05. The summed E-state index contributed by atoms with van der Waals surface area (Å²) in [6, 6.07) is 12.8. The van der Waals surface area contributed by atoms with Gasteiger partial charge in [0.2, 0.25) is 10.0 Å². The summed E-state index contributed by atoms with van der Waals surface area (Å²) < 4.78 is 33.9. The first kappa shape index (κ1) is 24.1. The number of carboxylic acids is 1. The quantitative estimate of drug-likeness (QED) is 0.408. The number of ether oxygens (including phenoxy) is 1. The van der Waals surface area contributed by atoms with E-state index in [1.807, 2.05) is 44.4 Å². The van der Waals surface area contributed by atoms with Gasteiger partial charge in [-0.25, -0.2) is 13.1 Å². The topological polar surface area (TPSA) is 126 Å². The van der Waals surface area contributed by atoms with E-state index in [9.17, 15) is 18.0 Å². The Labute approximate surface area is 192 Å². The Morgan fingerprint density at radius 1 is 1.21 bits per heavy atom. The first-order valence-corrected chi connectivity index (χ1v) is 11.7. The van der Waals surface area contributed by atoms with Gasteiger partial charge in [-0.05, 0) is 29.8 Å². The van der Waals surface area contributed by atoms with Crippen LogP contribution in [-0.2, 0) is 26.0 Å². The van der Waals surface area contributed by atoms with Gasteiger partial charge in [-0.3, -0.25) is 9.78 Å². The molecule has 0 aliphatic heterocycles. The van der Waals surface area contributed by atoms with Crippen molar-refractivity contribution < 1.29 is 27.9 Å². The van der Waals surface area contributed by atoms with Crippen molar-refractivity contribution in [3.05, 3.63) is 60.3 Å². The van der Waals surface area contributed by atoms with Crippen molar-refractivity contribution in [2.24, 2.45) is 0 Å². The maximum absolute atomic E-state index is 12.9. The van der Waals surface area contributed by atoms with Gasteiger partial charge in [-0.15, -0.1) is 0 Å². The van der Waals surface area contributed by atoms with Gasteiger partial charge in [-0.1, -0.05) is 18.2 Å². The summed E-state index contributed by atoms with van der Waals surface area (Å²) in [6.07, 6.45) is 1.83. The van der Waals surface area contributed by atoms with Crippen LogP contribution in [0.4, 0.5) is 5.69 Å². The Hall–Kier alpha value is -3.50. The van der Waals surface area contributed by atoms with Crippen molar-refractivity contribution >= 4 is 38.9 Å². The van der Waals surface area contributed by atoms with Crippen LogP contribution in [0.5, 0.6) is 5.75 Å². The van der Waals surface area contributed by atoms with Gasteiger partial charge in [0.1, 0.15) is 16.9 Å². The Kier molecular flexibility index (Phi) is 7.62. The predicted molar refractivity (Wildman–Crippen MR) is 124 cm³/mol. The van der Waals surface area contributed by atoms with Gasteiger partial charge in [0.05, 0.1) is 24.6 Å². The number of aromatic nitrogens is 1. The van der Waals surface area contributed by atoms with E-state index in [2.05, 4.69) is 9.71 Å². The fourth-order valence-electron chi connectivity index (χ4n) is 3.33. The van der Waals surface area contributed by atoms with Crippen LogP contribution >= 0.6 is 0 Å². The molecule has 174 valence electrons. The molecule has 10 heteroatoms. The Morgan fingerprint density at radius 2 is 2.00 bits per heavy atom. The lowest BCUT2D eigenvalue weighted by Crippen LogP contribution is -2.37. The fourth-order valence-corrected chi connectivity index (χ4v) is 4.63. The van der Waals surface area contributed by atoms with Crippen LogP contribution in [-0.4, -0.2) is 57.5 Å². The number of nitrogens with one attached hydrogen (secondary N) is 1. The van der Waals surface area contributed by atoms with Gasteiger partial charge in [0.15, 0.2) is 0 Å². The van der Waals surface area contributed by atoms with Crippen molar-refractivity contribution in [1.29, 1.82) is 0 Å². The molecule has 0 saturated carbocycles. The summed E-state index contributed by atoms with van der Waals surface area (Å²) in [7, 11) is -0.599. The molecule has 2 N–H and O–H groups in total. The number of pyridine rings is 1. The molecule has 3 aromatic rings. The SMILES string of the molecule is CN(C)c1ccc(S(=O)(=O)N[C@@H](C=O)CC(=O)O)c(OCCc2cccc3ncccc23)c1. The minimum Gasteiger partial charge on any atom is -0.492 e. The summed E-state index contributed by atoms with van der Waals surface area (Å²) in [6.45, 7) is 0.194. The van der Waals surface area contributed by atoms with Crippen LogP contribution in [0.1, 0.15) is 12.0 Å². The van der Waals surface area contributed by atoms with Gasteiger partial charge in [0.25, 0.3) is 0 Å². The van der Waals surface area contributed by atoms with Crippen molar-refractivity contribution in [1.82, 2.24) is 9.71 Å². The van der Waals surface area contributed by atoms with Gasteiger partial charge in [0, 0.05) is 43.9 Å². The third-order valence-electron chi connectivity index (χ3n) is 4.96. The standard InChI is InChI=1S/C23H25N3O6S/c1-26(2)18-8-9-22(33(30,31)25-17(15-27)13-23(28)29)21(14-18)32-12-10-16-5-3-7-20-19(16)6-4-11-24-20/h3-9,11,14-15,17,25H,10,12-13H2,1-2H3,(H,28,29)/t17-/m1/s1. The average Bonchev–Trinajstić information content (AvgIpc) is 2.78. The second kappa shape index (κ2) is 10.4. The molecule has 9 nitrogen and oxygen atoms in total. The fraction of sp³-hybridized carbons (Fsp3) is 0.261. The van der Waals surface area contributed by atoms with Crippen molar-refractivity contribution in [2.45, 2.75) is 23.8 Å². The van der Waals surface area contributed by atoms with E-state index in [1.165, 1.54) is 6.07 Å². The molecule has 0 aliphatic rings. The number of carbonyl (C=O) groups excluding carboxylic acids is 1. The Balaban J connectivity index is 1.86. The van der Waals surface area contributed by atoms with E-state index in [1.54, 1.807) is 23.2 Å². The maximum Gasteiger partial charge on any atom is 0.305 e. The second-order valence-electron chi connectivity index (χ2n) is 7.57. The molecule has 1 aromatic heterocycles. The molecule has 3 rings (SSSR count). The molecule has 1 atom stereocenters. The minimum atomic E-state index is -4.22. The first-order chi connectivity index (χ1) is 15.7. The summed E-state index contributed by atoms with van der Waals surface area (Å²) >= 11 is 0. The molecule has 0 fully saturated rings. The average molecular weight is 472 g/mol. The maximum atomic E-state index is 12.9. The number of fused-ring (bicyclic) bond motifs is 1. The van der Waals surface area contributed by atoms with Crippen LogP contribution in [0.3, 0.4) is 0 Å². The number of nitrogens with zero attached hydrogens (tertiary/aromatic N) is 2. The summed E-state index contributed by atoms with van der Waals surface area (Å²) in [5, 5.41) is 9.89. The lowest BCUT2D eigenvalue weighted by molar-refractivity contribution is -0.138. The molecule has 0 bridgehead atoms. The van der Waals surface area contributed by atoms with Crippen LogP contribution in [0.15, 0.2) is 59.6 Å². The Morgan fingerprint density at radius 3 is 2.70 bits per heavy atom. The van der Waals surface area contributed by atoms with E-state index >= 15 is 0 Å². The molecular formula is C23H25N3O6S. The number of hydrogen-bond acceptors (Lipinski definition) is 7. The monoisotopic (exact) mass is 471 g/mol. The summed E-state index contributed by atoms with van der Waals surface area (Å²) in [5.41, 5.74) is 2.58. The van der Waals surface area contributed by atoms with E-state index in [-0.39, 0.29) is 23.5 Å². The van der Waals surface area contributed by atoms with E-state index in [4.69, 9.17) is 9.84 Å². The van der Waals surface area contributed by atoms with Crippen LogP contribution in [0.2, 0.25) is 0 Å².